The zero-order valence-corrected chi connectivity index (χ0v) is 11.9. The topological polar surface area (TPSA) is 76.9 Å². The number of terminal acetylenes is 1. The van der Waals surface area contributed by atoms with E-state index < -0.39 is 0 Å². The number of rotatable bonds is 4. The summed E-state index contributed by atoms with van der Waals surface area (Å²) in [5.74, 6) is 3.63. The summed E-state index contributed by atoms with van der Waals surface area (Å²) in [4.78, 5) is 8.57. The summed E-state index contributed by atoms with van der Waals surface area (Å²) in [5.41, 5.74) is 2.53. The van der Waals surface area contributed by atoms with E-state index in [0.29, 0.717) is 36.6 Å². The Morgan fingerprint density at radius 2 is 2.24 bits per heavy atom. The monoisotopic (exact) mass is 284 g/mol. The summed E-state index contributed by atoms with van der Waals surface area (Å²) >= 11 is 0. The van der Waals surface area contributed by atoms with Crippen molar-refractivity contribution in [2.75, 3.05) is 30.9 Å². The second kappa shape index (κ2) is 5.42. The van der Waals surface area contributed by atoms with E-state index in [1.165, 1.54) is 0 Å². The first kappa shape index (κ1) is 13.4. The van der Waals surface area contributed by atoms with Crippen LogP contribution in [-0.2, 0) is 4.74 Å². The fourth-order valence-corrected chi connectivity index (χ4v) is 2.14. The lowest BCUT2D eigenvalue weighted by Crippen LogP contribution is -2.32. The van der Waals surface area contributed by atoms with Gasteiger partial charge in [-0.1, -0.05) is 5.92 Å². The van der Waals surface area contributed by atoms with Gasteiger partial charge in [0.05, 0.1) is 48.6 Å². The molecule has 0 radical (unpaired) electrons. The van der Waals surface area contributed by atoms with Gasteiger partial charge in [0.1, 0.15) is 5.82 Å². The van der Waals surface area contributed by atoms with E-state index in [-0.39, 0.29) is 0 Å². The first-order valence-corrected chi connectivity index (χ1v) is 6.63. The molecule has 108 valence electrons. The molecule has 1 aliphatic rings. The largest absolute Gasteiger partial charge is 0.377 e. The van der Waals surface area contributed by atoms with Crippen LogP contribution in [0.4, 0.5) is 17.5 Å². The summed E-state index contributed by atoms with van der Waals surface area (Å²) in [5, 5.41) is 10.5. The van der Waals surface area contributed by atoms with Crippen LogP contribution in [0.2, 0.25) is 0 Å². The van der Waals surface area contributed by atoms with E-state index >= 15 is 0 Å². The summed E-state index contributed by atoms with van der Waals surface area (Å²) < 4.78 is 7.15. The van der Waals surface area contributed by atoms with Crippen molar-refractivity contribution in [3.8, 4) is 12.3 Å². The van der Waals surface area contributed by atoms with Crippen molar-refractivity contribution in [3.63, 3.8) is 0 Å². The number of hydrogen-bond donors (Lipinski definition) is 2. The SMILES string of the molecule is C#Cc1cnc(Nc2cnn(C3COC3)c2C)nc1NC. The highest BCUT2D eigenvalue weighted by Gasteiger charge is 2.23. The number of aromatic nitrogens is 4. The second-order valence-corrected chi connectivity index (χ2v) is 4.75. The van der Waals surface area contributed by atoms with Crippen molar-refractivity contribution in [1.29, 1.82) is 0 Å². The van der Waals surface area contributed by atoms with Gasteiger partial charge in [0, 0.05) is 7.05 Å². The normalized spacial score (nSPS) is 14.3. The molecule has 2 aromatic rings. The maximum atomic E-state index is 5.40. The Balaban J connectivity index is 1.83. The van der Waals surface area contributed by atoms with Gasteiger partial charge >= 0.3 is 0 Å². The highest BCUT2D eigenvalue weighted by Crippen LogP contribution is 2.25. The van der Waals surface area contributed by atoms with Crippen LogP contribution in [0.3, 0.4) is 0 Å². The Bertz CT molecular complexity index is 698. The van der Waals surface area contributed by atoms with Crippen molar-refractivity contribution in [2.45, 2.75) is 13.0 Å². The molecule has 1 fully saturated rings. The third kappa shape index (κ3) is 2.41. The zero-order valence-electron chi connectivity index (χ0n) is 11.9. The highest BCUT2D eigenvalue weighted by atomic mass is 16.5. The highest BCUT2D eigenvalue weighted by molar-refractivity contribution is 5.59. The van der Waals surface area contributed by atoms with Gasteiger partial charge in [-0.05, 0) is 6.92 Å². The number of ether oxygens (including phenoxy) is 1. The lowest BCUT2D eigenvalue weighted by atomic mass is 10.2. The average molecular weight is 284 g/mol. The van der Waals surface area contributed by atoms with Gasteiger partial charge in [-0.25, -0.2) is 4.98 Å². The van der Waals surface area contributed by atoms with Gasteiger partial charge in [0.2, 0.25) is 5.95 Å². The molecule has 0 aliphatic carbocycles. The summed E-state index contributed by atoms with van der Waals surface area (Å²) in [6.45, 7) is 3.42. The van der Waals surface area contributed by atoms with Gasteiger partial charge in [-0.3, -0.25) is 4.68 Å². The molecule has 2 N–H and O–H groups in total. The molecule has 0 aromatic carbocycles. The van der Waals surface area contributed by atoms with Crippen LogP contribution >= 0.6 is 0 Å². The quantitative estimate of drug-likeness (QED) is 0.825. The van der Waals surface area contributed by atoms with Crippen molar-refractivity contribution in [1.82, 2.24) is 19.7 Å². The molecular formula is C14H16N6O. The molecule has 7 nitrogen and oxygen atoms in total. The molecule has 2 aromatic heterocycles. The van der Waals surface area contributed by atoms with Crippen LogP contribution in [0.15, 0.2) is 12.4 Å². The Labute approximate surface area is 122 Å². The average Bonchev–Trinajstić information content (AvgIpc) is 2.79. The smallest absolute Gasteiger partial charge is 0.229 e. The molecule has 1 saturated heterocycles. The molecule has 1 aliphatic heterocycles. The molecule has 0 spiro atoms. The maximum absolute atomic E-state index is 5.40. The Hall–Kier alpha value is -2.59. The van der Waals surface area contributed by atoms with Gasteiger partial charge in [0.25, 0.3) is 0 Å². The molecule has 0 unspecified atom stereocenters. The predicted molar refractivity (Wildman–Crippen MR) is 79.6 cm³/mol. The number of nitrogens with zero attached hydrogens (tertiary/aromatic N) is 4. The summed E-state index contributed by atoms with van der Waals surface area (Å²) in [6, 6.07) is 0.318. The Morgan fingerprint density at radius 1 is 1.43 bits per heavy atom. The van der Waals surface area contributed by atoms with Crippen LogP contribution in [0.5, 0.6) is 0 Å². The van der Waals surface area contributed by atoms with Crippen molar-refractivity contribution in [3.05, 3.63) is 23.7 Å². The van der Waals surface area contributed by atoms with Crippen molar-refractivity contribution >= 4 is 17.5 Å². The van der Waals surface area contributed by atoms with Crippen LogP contribution in [0.1, 0.15) is 17.3 Å². The first-order chi connectivity index (χ1) is 10.2. The fourth-order valence-electron chi connectivity index (χ4n) is 2.14. The minimum Gasteiger partial charge on any atom is -0.377 e. The molecule has 0 amide bonds. The third-order valence-corrected chi connectivity index (χ3v) is 3.44. The molecule has 0 saturated carbocycles. The van der Waals surface area contributed by atoms with Gasteiger partial charge in [0.15, 0.2) is 0 Å². The van der Waals surface area contributed by atoms with Crippen LogP contribution in [0, 0.1) is 19.3 Å². The van der Waals surface area contributed by atoms with E-state index in [4.69, 9.17) is 11.2 Å². The minimum absolute atomic E-state index is 0.318. The summed E-state index contributed by atoms with van der Waals surface area (Å²) in [6.07, 6.45) is 8.78. The molecule has 3 rings (SSSR count). The second-order valence-electron chi connectivity index (χ2n) is 4.75. The number of anilines is 3. The first-order valence-electron chi connectivity index (χ1n) is 6.63. The lowest BCUT2D eigenvalue weighted by molar-refractivity contribution is -0.0294. The van der Waals surface area contributed by atoms with E-state index in [9.17, 15) is 0 Å². The van der Waals surface area contributed by atoms with E-state index in [2.05, 4.69) is 31.6 Å². The predicted octanol–water partition coefficient (Wildman–Crippen LogP) is 1.32. The zero-order chi connectivity index (χ0) is 14.8. The Morgan fingerprint density at radius 3 is 2.86 bits per heavy atom. The molecule has 21 heavy (non-hydrogen) atoms. The molecular weight excluding hydrogens is 268 g/mol. The Kier molecular flexibility index (Phi) is 3.46. The summed E-state index contributed by atoms with van der Waals surface area (Å²) in [7, 11) is 1.77. The molecule has 0 bridgehead atoms. The fraction of sp³-hybridized carbons (Fsp3) is 0.357. The number of nitrogens with one attached hydrogen (secondary N) is 2. The molecule has 7 heteroatoms. The van der Waals surface area contributed by atoms with Gasteiger partial charge < -0.3 is 15.4 Å². The van der Waals surface area contributed by atoms with Crippen molar-refractivity contribution < 1.29 is 4.74 Å². The number of hydrogen-bond acceptors (Lipinski definition) is 6. The minimum atomic E-state index is 0.318. The van der Waals surface area contributed by atoms with Gasteiger partial charge in [-0.15, -0.1) is 6.42 Å². The van der Waals surface area contributed by atoms with E-state index in [1.807, 2.05) is 11.6 Å². The van der Waals surface area contributed by atoms with Crippen molar-refractivity contribution in [2.24, 2.45) is 0 Å². The molecule has 3 heterocycles. The van der Waals surface area contributed by atoms with Crippen LogP contribution in [0.25, 0.3) is 0 Å². The van der Waals surface area contributed by atoms with Crippen LogP contribution in [-0.4, -0.2) is 40.0 Å². The van der Waals surface area contributed by atoms with E-state index in [1.54, 1.807) is 19.4 Å². The standard InChI is InChI=1S/C14H16N6O/c1-4-10-5-16-14(19-13(10)15-3)18-12-6-17-20(9(12)2)11-7-21-8-11/h1,5-6,11H,7-8H2,2-3H3,(H2,15,16,18,19). The molecule has 0 atom stereocenters. The van der Waals surface area contributed by atoms with Gasteiger partial charge in [-0.2, -0.15) is 10.1 Å². The van der Waals surface area contributed by atoms with Crippen LogP contribution < -0.4 is 10.6 Å². The maximum Gasteiger partial charge on any atom is 0.229 e. The third-order valence-electron chi connectivity index (χ3n) is 3.44. The lowest BCUT2D eigenvalue weighted by Gasteiger charge is -2.27. The van der Waals surface area contributed by atoms with E-state index in [0.717, 1.165) is 11.4 Å².